The summed E-state index contributed by atoms with van der Waals surface area (Å²) in [5, 5.41) is 0. The minimum absolute atomic E-state index is 0.542. The maximum Gasteiger partial charge on any atom is 0.241 e. The maximum absolute atomic E-state index is 11.6. The molecule has 1 radical (unpaired) electrons. The Morgan fingerprint density at radius 1 is 1.50 bits per heavy atom. The lowest BCUT2D eigenvalue weighted by molar-refractivity contribution is 0.100. The number of alkyl halides is 2. The van der Waals surface area contributed by atoms with E-state index in [0.717, 1.165) is 6.42 Å². The highest BCUT2D eigenvalue weighted by atomic mass is 19.3. The third kappa shape index (κ3) is 2.94. The topological polar surface area (TPSA) is 0 Å². The zero-order valence-electron chi connectivity index (χ0n) is 5.20. The van der Waals surface area contributed by atoms with Crippen LogP contribution in [0.1, 0.15) is 20.3 Å². The van der Waals surface area contributed by atoms with Crippen LogP contribution in [0.4, 0.5) is 8.78 Å². The molecule has 0 aliphatic heterocycles. The van der Waals surface area contributed by atoms with Crippen LogP contribution in [0.15, 0.2) is 0 Å². The van der Waals surface area contributed by atoms with Crippen LogP contribution in [0.3, 0.4) is 0 Å². The van der Waals surface area contributed by atoms with Crippen LogP contribution in [-0.2, 0) is 0 Å². The van der Waals surface area contributed by atoms with Gasteiger partial charge >= 0.3 is 0 Å². The molecule has 0 aromatic carbocycles. The third-order valence-corrected chi connectivity index (χ3v) is 1.00. The predicted octanol–water partition coefficient (Wildman–Crippen LogP) is 2.50. The van der Waals surface area contributed by atoms with Crippen LogP contribution in [0, 0.1) is 12.3 Å². The second kappa shape index (κ2) is 3.81. The van der Waals surface area contributed by atoms with Crippen molar-refractivity contribution in [3.63, 3.8) is 0 Å². The summed E-state index contributed by atoms with van der Waals surface area (Å²) in [6.45, 7) is 3.38. The van der Waals surface area contributed by atoms with E-state index in [0.29, 0.717) is 0 Å². The average molecular weight is 121 g/mol. The van der Waals surface area contributed by atoms with Gasteiger partial charge in [-0.05, 0) is 6.42 Å². The minimum Gasteiger partial charge on any atom is -0.210 e. The fourth-order valence-corrected chi connectivity index (χ4v) is 0.475. The van der Waals surface area contributed by atoms with Gasteiger partial charge in [-0.1, -0.05) is 20.3 Å². The van der Waals surface area contributed by atoms with Crippen molar-refractivity contribution in [3.8, 4) is 0 Å². The smallest absolute Gasteiger partial charge is 0.210 e. The Morgan fingerprint density at radius 3 is 2.12 bits per heavy atom. The van der Waals surface area contributed by atoms with Gasteiger partial charge in [-0.2, -0.15) is 0 Å². The molecule has 0 fully saturated rings. The highest BCUT2D eigenvalue weighted by Crippen LogP contribution is 2.12. The Hall–Kier alpha value is -0.140. The summed E-state index contributed by atoms with van der Waals surface area (Å²) < 4.78 is 23.2. The van der Waals surface area contributed by atoms with Crippen molar-refractivity contribution in [2.45, 2.75) is 26.7 Å². The fraction of sp³-hybridized carbons (Fsp3) is 0.833. The summed E-state index contributed by atoms with van der Waals surface area (Å²) in [5.41, 5.74) is 0. The standard InChI is InChI=1S/C6H11F2/c1-3-4-5(2)6(7)8/h4-6H,3H2,1-2H3. The lowest BCUT2D eigenvalue weighted by atomic mass is 10.1. The van der Waals surface area contributed by atoms with Crippen LogP contribution >= 0.6 is 0 Å². The Kier molecular flexibility index (Phi) is 3.75. The van der Waals surface area contributed by atoms with E-state index in [1.807, 2.05) is 6.92 Å². The van der Waals surface area contributed by atoms with Gasteiger partial charge < -0.3 is 0 Å². The molecule has 0 rings (SSSR count). The first-order valence-corrected chi connectivity index (χ1v) is 2.80. The second-order valence-electron chi connectivity index (χ2n) is 1.84. The van der Waals surface area contributed by atoms with Crippen LogP contribution < -0.4 is 0 Å². The Bertz CT molecular complexity index is 52.5. The van der Waals surface area contributed by atoms with Gasteiger partial charge in [0.25, 0.3) is 0 Å². The molecule has 2 heteroatoms. The van der Waals surface area contributed by atoms with Crippen molar-refractivity contribution in [3.05, 3.63) is 6.42 Å². The van der Waals surface area contributed by atoms with Gasteiger partial charge in [0.05, 0.1) is 0 Å². The van der Waals surface area contributed by atoms with E-state index >= 15 is 0 Å². The summed E-state index contributed by atoms with van der Waals surface area (Å²) in [6, 6.07) is 0. The van der Waals surface area contributed by atoms with Gasteiger partial charge in [-0.25, -0.2) is 8.78 Å². The summed E-state index contributed by atoms with van der Waals surface area (Å²) in [7, 11) is 0. The van der Waals surface area contributed by atoms with Crippen molar-refractivity contribution < 1.29 is 8.78 Å². The molecule has 0 spiro atoms. The first-order chi connectivity index (χ1) is 3.68. The number of halogens is 2. The van der Waals surface area contributed by atoms with Crippen molar-refractivity contribution in [2.24, 2.45) is 5.92 Å². The molecule has 0 aliphatic carbocycles. The van der Waals surface area contributed by atoms with Crippen LogP contribution in [-0.4, -0.2) is 6.43 Å². The zero-order chi connectivity index (χ0) is 6.57. The van der Waals surface area contributed by atoms with E-state index in [2.05, 4.69) is 0 Å². The number of rotatable bonds is 3. The quantitative estimate of drug-likeness (QED) is 0.538. The molecule has 0 aromatic rings. The van der Waals surface area contributed by atoms with Gasteiger partial charge in [0.1, 0.15) is 0 Å². The monoisotopic (exact) mass is 121 g/mol. The molecule has 0 heterocycles. The summed E-state index contributed by atoms with van der Waals surface area (Å²) >= 11 is 0. The molecular formula is C6H11F2. The van der Waals surface area contributed by atoms with Crippen molar-refractivity contribution >= 4 is 0 Å². The van der Waals surface area contributed by atoms with Gasteiger partial charge in [0.15, 0.2) is 0 Å². The molecule has 1 atom stereocenters. The zero-order valence-corrected chi connectivity index (χ0v) is 5.20. The van der Waals surface area contributed by atoms with E-state index in [1.54, 1.807) is 6.42 Å². The first-order valence-electron chi connectivity index (χ1n) is 2.80. The van der Waals surface area contributed by atoms with Crippen molar-refractivity contribution in [1.29, 1.82) is 0 Å². The van der Waals surface area contributed by atoms with Crippen LogP contribution in [0.25, 0.3) is 0 Å². The molecule has 0 aromatic heterocycles. The number of hydrogen-bond donors (Lipinski definition) is 0. The second-order valence-corrected chi connectivity index (χ2v) is 1.84. The van der Waals surface area contributed by atoms with Gasteiger partial charge in [0, 0.05) is 5.92 Å². The third-order valence-electron chi connectivity index (χ3n) is 1.00. The average Bonchev–Trinajstić information content (AvgIpc) is 1.67. The van der Waals surface area contributed by atoms with E-state index in [-0.39, 0.29) is 0 Å². The normalized spacial score (nSPS) is 14.6. The Morgan fingerprint density at radius 2 is 2.00 bits per heavy atom. The summed E-state index contributed by atoms with van der Waals surface area (Å²) in [4.78, 5) is 0. The molecule has 0 nitrogen and oxygen atoms in total. The first kappa shape index (κ1) is 7.86. The fourth-order valence-electron chi connectivity index (χ4n) is 0.475. The largest absolute Gasteiger partial charge is 0.241 e. The van der Waals surface area contributed by atoms with Crippen molar-refractivity contribution in [2.75, 3.05) is 0 Å². The highest BCUT2D eigenvalue weighted by Gasteiger charge is 2.12. The molecule has 0 saturated carbocycles. The highest BCUT2D eigenvalue weighted by molar-refractivity contribution is 4.71. The van der Waals surface area contributed by atoms with Crippen LogP contribution in [0.2, 0.25) is 0 Å². The summed E-state index contributed by atoms with van der Waals surface area (Å²) in [6.07, 6.45) is 0.158. The van der Waals surface area contributed by atoms with E-state index in [4.69, 9.17) is 0 Å². The molecule has 0 saturated heterocycles. The maximum atomic E-state index is 11.6. The minimum atomic E-state index is -2.19. The van der Waals surface area contributed by atoms with E-state index in [9.17, 15) is 8.78 Å². The summed E-state index contributed by atoms with van der Waals surface area (Å²) in [5.74, 6) is -0.542. The SMILES string of the molecule is CC[CH]C(C)C(F)F. The molecule has 0 N–H and O–H groups in total. The molecular weight excluding hydrogens is 110 g/mol. The van der Waals surface area contributed by atoms with E-state index in [1.165, 1.54) is 6.92 Å². The predicted molar refractivity (Wildman–Crippen MR) is 29.8 cm³/mol. The van der Waals surface area contributed by atoms with Gasteiger partial charge in [-0.3, -0.25) is 0 Å². The Labute approximate surface area is 48.9 Å². The van der Waals surface area contributed by atoms with E-state index < -0.39 is 12.3 Å². The molecule has 0 bridgehead atoms. The molecule has 8 heavy (non-hydrogen) atoms. The molecule has 0 amide bonds. The molecule has 49 valence electrons. The number of hydrogen-bond acceptors (Lipinski definition) is 0. The van der Waals surface area contributed by atoms with Crippen LogP contribution in [0.5, 0.6) is 0 Å². The van der Waals surface area contributed by atoms with Crippen molar-refractivity contribution in [1.82, 2.24) is 0 Å². The molecule has 0 aliphatic rings. The van der Waals surface area contributed by atoms with Gasteiger partial charge in [-0.15, -0.1) is 0 Å². The Balaban J connectivity index is 3.17. The van der Waals surface area contributed by atoms with Gasteiger partial charge in [0.2, 0.25) is 6.43 Å². The lowest BCUT2D eigenvalue weighted by Gasteiger charge is -2.05. The molecule has 1 unspecified atom stereocenters. The lowest BCUT2D eigenvalue weighted by Crippen LogP contribution is -2.05.